The topological polar surface area (TPSA) is 64.7 Å². The lowest BCUT2D eigenvalue weighted by Gasteiger charge is -1.92. The zero-order valence-electron chi connectivity index (χ0n) is 8.70. The van der Waals surface area contributed by atoms with Crippen molar-refractivity contribution in [3.8, 4) is 21.1 Å². The predicted octanol–water partition coefficient (Wildman–Crippen LogP) is 2.91. The smallest absolute Gasteiger partial charge is 0.180 e. The maximum atomic E-state index is 5.62. The van der Waals surface area contributed by atoms with E-state index in [1.807, 2.05) is 23.7 Å². The molecule has 0 saturated carbocycles. The van der Waals surface area contributed by atoms with Gasteiger partial charge in [-0.1, -0.05) is 0 Å². The van der Waals surface area contributed by atoms with E-state index in [4.69, 9.17) is 5.73 Å². The van der Waals surface area contributed by atoms with Crippen LogP contribution in [0.15, 0.2) is 36.1 Å². The molecule has 0 aromatic carbocycles. The molecule has 6 heteroatoms. The molecule has 0 unspecified atom stereocenters. The molecular formula is C11H8N4S2. The second-order valence-electron chi connectivity index (χ2n) is 3.34. The first-order valence-electron chi connectivity index (χ1n) is 4.90. The average Bonchev–Trinajstić information content (AvgIpc) is 2.98. The summed E-state index contributed by atoms with van der Waals surface area (Å²) in [5, 5.41) is 3.46. The summed E-state index contributed by atoms with van der Waals surface area (Å²) >= 11 is 3.03. The highest BCUT2D eigenvalue weighted by molar-refractivity contribution is 7.19. The van der Waals surface area contributed by atoms with Gasteiger partial charge < -0.3 is 5.73 Å². The van der Waals surface area contributed by atoms with Gasteiger partial charge in [-0.2, -0.15) is 0 Å². The normalized spacial score (nSPS) is 10.6. The van der Waals surface area contributed by atoms with Crippen molar-refractivity contribution in [1.29, 1.82) is 0 Å². The highest BCUT2D eigenvalue weighted by Crippen LogP contribution is 2.32. The fourth-order valence-corrected chi connectivity index (χ4v) is 2.92. The molecule has 0 spiro atoms. The van der Waals surface area contributed by atoms with E-state index in [1.165, 1.54) is 11.3 Å². The SMILES string of the molecule is Nc1nc(-c2cnc(-c3cccnc3)s2)cs1. The summed E-state index contributed by atoms with van der Waals surface area (Å²) in [6, 6.07) is 3.89. The van der Waals surface area contributed by atoms with Crippen LogP contribution in [0.5, 0.6) is 0 Å². The van der Waals surface area contributed by atoms with Gasteiger partial charge >= 0.3 is 0 Å². The van der Waals surface area contributed by atoms with Gasteiger partial charge in [0.05, 0.1) is 10.6 Å². The maximum Gasteiger partial charge on any atom is 0.180 e. The quantitative estimate of drug-likeness (QED) is 0.769. The average molecular weight is 260 g/mol. The standard InChI is InChI=1S/C11H8N4S2/c12-11-15-8(6-16-11)9-5-14-10(17-9)7-2-1-3-13-4-7/h1-6H,(H2,12,15). The van der Waals surface area contributed by atoms with Crippen LogP contribution in [-0.4, -0.2) is 15.0 Å². The molecule has 3 rings (SSSR count). The first-order chi connectivity index (χ1) is 8.33. The van der Waals surface area contributed by atoms with E-state index in [9.17, 15) is 0 Å². The number of nitrogen functional groups attached to an aromatic ring is 1. The molecular weight excluding hydrogens is 252 g/mol. The Morgan fingerprint density at radius 1 is 1.24 bits per heavy atom. The van der Waals surface area contributed by atoms with Crippen LogP contribution in [0.25, 0.3) is 21.1 Å². The third kappa shape index (κ3) is 2.04. The van der Waals surface area contributed by atoms with Crippen molar-refractivity contribution >= 4 is 27.8 Å². The molecule has 2 N–H and O–H groups in total. The van der Waals surface area contributed by atoms with Gasteiger partial charge in [0, 0.05) is 29.5 Å². The van der Waals surface area contributed by atoms with Gasteiger partial charge in [0.25, 0.3) is 0 Å². The summed E-state index contributed by atoms with van der Waals surface area (Å²) in [7, 11) is 0. The van der Waals surface area contributed by atoms with E-state index in [0.717, 1.165) is 21.1 Å². The van der Waals surface area contributed by atoms with Crippen LogP contribution >= 0.6 is 22.7 Å². The lowest BCUT2D eigenvalue weighted by atomic mass is 10.3. The van der Waals surface area contributed by atoms with Crippen molar-refractivity contribution in [2.24, 2.45) is 0 Å². The summed E-state index contributed by atoms with van der Waals surface area (Å²) < 4.78 is 0. The number of hydrogen-bond donors (Lipinski definition) is 1. The van der Waals surface area contributed by atoms with Gasteiger partial charge in [-0.25, -0.2) is 9.97 Å². The van der Waals surface area contributed by atoms with E-state index < -0.39 is 0 Å². The number of pyridine rings is 1. The minimum atomic E-state index is 0.580. The Kier molecular flexibility index (Phi) is 2.58. The third-order valence-corrected chi connectivity index (χ3v) is 3.93. The lowest BCUT2D eigenvalue weighted by Crippen LogP contribution is -1.80. The van der Waals surface area contributed by atoms with Crippen molar-refractivity contribution in [3.05, 3.63) is 36.1 Å². The molecule has 0 saturated heterocycles. The maximum absolute atomic E-state index is 5.62. The van der Waals surface area contributed by atoms with E-state index in [-0.39, 0.29) is 0 Å². The minimum Gasteiger partial charge on any atom is -0.375 e. The first-order valence-corrected chi connectivity index (χ1v) is 6.60. The predicted molar refractivity (Wildman–Crippen MR) is 70.9 cm³/mol. The number of nitrogens with two attached hydrogens (primary N) is 1. The van der Waals surface area contributed by atoms with E-state index in [0.29, 0.717) is 5.13 Å². The van der Waals surface area contributed by atoms with Crippen molar-refractivity contribution in [1.82, 2.24) is 15.0 Å². The Balaban J connectivity index is 1.99. The molecule has 0 aliphatic rings. The zero-order valence-corrected chi connectivity index (χ0v) is 10.3. The van der Waals surface area contributed by atoms with E-state index >= 15 is 0 Å². The van der Waals surface area contributed by atoms with Crippen LogP contribution in [0, 0.1) is 0 Å². The highest BCUT2D eigenvalue weighted by Gasteiger charge is 2.08. The number of hydrogen-bond acceptors (Lipinski definition) is 6. The third-order valence-electron chi connectivity index (χ3n) is 2.19. The summed E-state index contributed by atoms with van der Waals surface area (Å²) in [5.41, 5.74) is 7.52. The first kappa shape index (κ1) is 10.4. The molecule has 3 aromatic heterocycles. The van der Waals surface area contributed by atoms with Crippen LogP contribution in [-0.2, 0) is 0 Å². The molecule has 0 aliphatic heterocycles. The fourth-order valence-electron chi connectivity index (χ4n) is 1.42. The number of aromatic nitrogens is 3. The number of anilines is 1. The molecule has 4 nitrogen and oxygen atoms in total. The molecule has 17 heavy (non-hydrogen) atoms. The van der Waals surface area contributed by atoms with Crippen molar-refractivity contribution < 1.29 is 0 Å². The van der Waals surface area contributed by atoms with Crippen LogP contribution < -0.4 is 5.73 Å². The van der Waals surface area contributed by atoms with Gasteiger partial charge in [0.15, 0.2) is 5.13 Å². The second-order valence-corrected chi connectivity index (χ2v) is 5.26. The Labute approximate surface area is 106 Å². The number of rotatable bonds is 2. The Morgan fingerprint density at radius 3 is 2.88 bits per heavy atom. The van der Waals surface area contributed by atoms with Crippen LogP contribution in [0.1, 0.15) is 0 Å². The largest absolute Gasteiger partial charge is 0.375 e. The van der Waals surface area contributed by atoms with E-state index in [1.54, 1.807) is 23.7 Å². The summed E-state index contributed by atoms with van der Waals surface area (Å²) in [6.07, 6.45) is 5.37. The molecule has 3 heterocycles. The molecule has 3 aromatic rings. The Hall–Kier alpha value is -1.79. The highest BCUT2D eigenvalue weighted by atomic mass is 32.1. The number of thiazole rings is 2. The number of nitrogens with zero attached hydrogens (tertiary/aromatic N) is 3. The summed E-state index contributed by atoms with van der Waals surface area (Å²) in [5.74, 6) is 0. The zero-order chi connectivity index (χ0) is 11.7. The molecule has 84 valence electrons. The molecule has 0 aliphatic carbocycles. The van der Waals surface area contributed by atoms with Crippen molar-refractivity contribution in [2.45, 2.75) is 0 Å². The second kappa shape index (κ2) is 4.23. The van der Waals surface area contributed by atoms with E-state index in [2.05, 4.69) is 15.0 Å². The van der Waals surface area contributed by atoms with Crippen molar-refractivity contribution in [2.75, 3.05) is 5.73 Å². The lowest BCUT2D eigenvalue weighted by molar-refractivity contribution is 1.31. The molecule has 0 radical (unpaired) electrons. The van der Waals surface area contributed by atoms with Crippen LogP contribution in [0.3, 0.4) is 0 Å². The van der Waals surface area contributed by atoms with Crippen LogP contribution in [0.4, 0.5) is 5.13 Å². The van der Waals surface area contributed by atoms with Gasteiger partial charge in [-0.15, -0.1) is 22.7 Å². The summed E-state index contributed by atoms with van der Waals surface area (Å²) in [4.78, 5) is 13.7. The molecule has 0 fully saturated rings. The van der Waals surface area contributed by atoms with Gasteiger partial charge in [-0.05, 0) is 12.1 Å². The Morgan fingerprint density at radius 2 is 2.18 bits per heavy atom. The molecule has 0 amide bonds. The fraction of sp³-hybridized carbons (Fsp3) is 0. The minimum absolute atomic E-state index is 0.580. The monoisotopic (exact) mass is 260 g/mol. The summed E-state index contributed by atoms with van der Waals surface area (Å²) in [6.45, 7) is 0. The molecule has 0 bridgehead atoms. The van der Waals surface area contributed by atoms with Crippen molar-refractivity contribution in [3.63, 3.8) is 0 Å². The van der Waals surface area contributed by atoms with Gasteiger partial charge in [0.1, 0.15) is 5.01 Å². The molecule has 0 atom stereocenters. The van der Waals surface area contributed by atoms with Gasteiger partial charge in [0.2, 0.25) is 0 Å². The Bertz CT molecular complexity index is 630. The van der Waals surface area contributed by atoms with Crippen LogP contribution in [0.2, 0.25) is 0 Å². The van der Waals surface area contributed by atoms with Gasteiger partial charge in [-0.3, -0.25) is 4.98 Å².